The smallest absolute Gasteiger partial charge is 0.255 e. The van der Waals surface area contributed by atoms with E-state index in [0.717, 1.165) is 31.6 Å². The van der Waals surface area contributed by atoms with Crippen LogP contribution in [0.15, 0.2) is 33.7 Å². The van der Waals surface area contributed by atoms with Gasteiger partial charge in [-0.25, -0.2) is 4.98 Å². The van der Waals surface area contributed by atoms with Gasteiger partial charge in [0, 0.05) is 23.2 Å². The molecule has 1 aliphatic carbocycles. The molecule has 3 aromatic rings. The average molecular weight is 452 g/mol. The fourth-order valence-electron chi connectivity index (χ4n) is 4.72. The van der Waals surface area contributed by atoms with Gasteiger partial charge in [-0.1, -0.05) is 33.1 Å². The second-order valence-corrected chi connectivity index (χ2v) is 8.96. The summed E-state index contributed by atoms with van der Waals surface area (Å²) in [7, 11) is 0. The molecule has 8 nitrogen and oxygen atoms in total. The molecule has 4 rings (SSSR count). The lowest BCUT2D eigenvalue weighted by molar-refractivity contribution is -0.121. The normalized spacial score (nSPS) is 18.4. The van der Waals surface area contributed by atoms with Crippen molar-refractivity contribution in [2.45, 2.75) is 72.1 Å². The zero-order chi connectivity index (χ0) is 23.4. The number of anilines is 1. The number of rotatable bonds is 8. The van der Waals surface area contributed by atoms with Crippen molar-refractivity contribution in [3.05, 3.63) is 46.1 Å². The van der Waals surface area contributed by atoms with Crippen molar-refractivity contribution in [2.24, 2.45) is 11.8 Å². The van der Waals surface area contributed by atoms with Gasteiger partial charge in [-0.2, -0.15) is 9.78 Å². The molecule has 3 heterocycles. The molecule has 0 unspecified atom stereocenters. The third kappa shape index (κ3) is 5.10. The summed E-state index contributed by atoms with van der Waals surface area (Å²) in [6, 6.07) is 5.34. The first-order valence-corrected chi connectivity index (χ1v) is 12.0. The molecule has 0 bridgehead atoms. The first-order valence-electron chi connectivity index (χ1n) is 12.0. The molecule has 1 aliphatic rings. The second kappa shape index (κ2) is 10.2. The van der Waals surface area contributed by atoms with E-state index in [0.29, 0.717) is 35.0 Å². The average Bonchev–Trinajstić information content (AvgIpc) is 3.48. The number of unbranched alkanes of at least 4 members (excludes halogenated alkanes) is 1. The van der Waals surface area contributed by atoms with E-state index in [1.54, 1.807) is 24.5 Å². The molecule has 1 amide bonds. The van der Waals surface area contributed by atoms with Gasteiger partial charge in [-0.15, -0.1) is 0 Å². The topological polar surface area (TPSA) is 106 Å². The molecule has 1 fully saturated rings. The minimum atomic E-state index is -0.197. The number of carbonyl (C=O) groups excluding carboxylic acids is 1. The summed E-state index contributed by atoms with van der Waals surface area (Å²) in [6.07, 6.45) is 9.91. The van der Waals surface area contributed by atoms with Crippen molar-refractivity contribution < 1.29 is 9.21 Å². The van der Waals surface area contributed by atoms with Gasteiger partial charge >= 0.3 is 0 Å². The fourth-order valence-corrected chi connectivity index (χ4v) is 4.72. The zero-order valence-corrected chi connectivity index (χ0v) is 19.7. The van der Waals surface area contributed by atoms with E-state index in [4.69, 9.17) is 4.42 Å². The largest absolute Gasteiger partial charge is 0.463 e. The van der Waals surface area contributed by atoms with Gasteiger partial charge < -0.3 is 9.73 Å². The van der Waals surface area contributed by atoms with Crippen LogP contribution in [-0.2, 0) is 11.2 Å². The van der Waals surface area contributed by atoms with Gasteiger partial charge in [0.15, 0.2) is 5.76 Å². The summed E-state index contributed by atoms with van der Waals surface area (Å²) in [5.41, 5.74) is 1.65. The number of aromatic amines is 1. The highest BCUT2D eigenvalue weighted by molar-refractivity contribution is 5.92. The van der Waals surface area contributed by atoms with Crippen molar-refractivity contribution in [1.82, 2.24) is 19.7 Å². The SMILES string of the molecule is CCCCC1CCC(C(=O)Nc2cc(-c3ccco3)nn2-c2nc(C)c(CC)c(=O)[nH]2)CC1. The van der Waals surface area contributed by atoms with E-state index in [1.165, 1.54) is 23.9 Å². The lowest BCUT2D eigenvalue weighted by atomic mass is 9.79. The van der Waals surface area contributed by atoms with Crippen LogP contribution in [0.1, 0.15) is 70.1 Å². The number of hydrogen-bond acceptors (Lipinski definition) is 5. The van der Waals surface area contributed by atoms with Gasteiger partial charge in [0.05, 0.1) is 6.26 Å². The monoisotopic (exact) mass is 451 g/mol. The number of nitrogens with one attached hydrogen (secondary N) is 2. The summed E-state index contributed by atoms with van der Waals surface area (Å²) < 4.78 is 6.97. The molecule has 33 heavy (non-hydrogen) atoms. The minimum absolute atomic E-state index is 0.0136. The number of hydrogen-bond donors (Lipinski definition) is 2. The van der Waals surface area contributed by atoms with Gasteiger partial charge in [-0.05, 0) is 57.1 Å². The molecule has 0 atom stereocenters. The van der Waals surface area contributed by atoms with Gasteiger partial charge in [0.2, 0.25) is 11.9 Å². The molecule has 0 spiro atoms. The standard InChI is InChI=1S/C25H33N5O3/c1-4-6-8-17-10-12-18(13-11-17)23(31)27-22-15-20(21-9-7-14-33-21)29-30(22)25-26-16(3)19(5-2)24(32)28-25/h7,9,14-15,17-18H,4-6,8,10-13H2,1-3H3,(H,27,31)(H,26,28,32). The van der Waals surface area contributed by atoms with Crippen LogP contribution in [0, 0.1) is 18.8 Å². The van der Waals surface area contributed by atoms with E-state index >= 15 is 0 Å². The number of nitrogens with zero attached hydrogens (tertiary/aromatic N) is 3. The predicted octanol–water partition coefficient (Wildman–Crippen LogP) is 5.02. The summed E-state index contributed by atoms with van der Waals surface area (Å²) in [6.45, 7) is 5.95. The number of aryl methyl sites for hydroxylation is 1. The lowest BCUT2D eigenvalue weighted by Crippen LogP contribution is -2.28. The van der Waals surface area contributed by atoms with Gasteiger partial charge in [0.25, 0.3) is 5.56 Å². The van der Waals surface area contributed by atoms with Crippen LogP contribution in [0.3, 0.4) is 0 Å². The number of H-pyrrole nitrogens is 1. The minimum Gasteiger partial charge on any atom is -0.463 e. The Hall–Kier alpha value is -3.16. The second-order valence-electron chi connectivity index (χ2n) is 8.96. The Labute approximate surface area is 193 Å². The molecular formula is C25H33N5O3. The van der Waals surface area contributed by atoms with Crippen LogP contribution in [0.5, 0.6) is 0 Å². The third-order valence-electron chi connectivity index (χ3n) is 6.68. The van der Waals surface area contributed by atoms with Gasteiger partial charge in [-0.3, -0.25) is 14.6 Å². The predicted molar refractivity (Wildman–Crippen MR) is 127 cm³/mol. The molecule has 0 aliphatic heterocycles. The number of furan rings is 1. The molecule has 0 radical (unpaired) electrons. The van der Waals surface area contributed by atoms with E-state index in [-0.39, 0.29) is 23.3 Å². The van der Waals surface area contributed by atoms with Crippen LogP contribution in [0.2, 0.25) is 0 Å². The van der Waals surface area contributed by atoms with Crippen LogP contribution >= 0.6 is 0 Å². The van der Waals surface area contributed by atoms with Crippen molar-refractivity contribution in [3.63, 3.8) is 0 Å². The quantitative estimate of drug-likeness (QED) is 0.500. The van der Waals surface area contributed by atoms with E-state index in [9.17, 15) is 9.59 Å². The van der Waals surface area contributed by atoms with E-state index < -0.39 is 0 Å². The third-order valence-corrected chi connectivity index (χ3v) is 6.68. The number of aromatic nitrogens is 4. The van der Waals surface area contributed by atoms with Gasteiger partial charge in [0.1, 0.15) is 11.5 Å². The summed E-state index contributed by atoms with van der Waals surface area (Å²) in [4.78, 5) is 33.0. The van der Waals surface area contributed by atoms with Crippen LogP contribution in [-0.4, -0.2) is 25.7 Å². The van der Waals surface area contributed by atoms with Crippen LogP contribution in [0.25, 0.3) is 17.4 Å². The van der Waals surface area contributed by atoms with E-state index in [2.05, 4.69) is 27.3 Å². The Bertz CT molecular complexity index is 1140. The first-order chi connectivity index (χ1) is 16.0. The van der Waals surface area contributed by atoms with E-state index in [1.807, 2.05) is 13.8 Å². The highest BCUT2D eigenvalue weighted by atomic mass is 16.3. The highest BCUT2D eigenvalue weighted by Crippen LogP contribution is 2.33. The fraction of sp³-hybridized carbons (Fsp3) is 0.520. The van der Waals surface area contributed by atoms with Crippen LogP contribution in [0.4, 0.5) is 5.82 Å². The Morgan fingerprint density at radius 2 is 2.06 bits per heavy atom. The van der Waals surface area contributed by atoms with Crippen molar-refractivity contribution >= 4 is 11.7 Å². The van der Waals surface area contributed by atoms with Crippen LogP contribution < -0.4 is 10.9 Å². The molecule has 8 heteroatoms. The molecule has 176 valence electrons. The molecule has 2 N–H and O–H groups in total. The number of carbonyl (C=O) groups is 1. The van der Waals surface area contributed by atoms with Crippen molar-refractivity contribution in [2.75, 3.05) is 5.32 Å². The molecule has 1 saturated carbocycles. The Morgan fingerprint density at radius 3 is 2.70 bits per heavy atom. The summed E-state index contributed by atoms with van der Waals surface area (Å²) in [5, 5.41) is 7.62. The Balaban J connectivity index is 1.59. The highest BCUT2D eigenvalue weighted by Gasteiger charge is 2.27. The molecule has 3 aromatic heterocycles. The Morgan fingerprint density at radius 1 is 1.27 bits per heavy atom. The molecule has 0 aromatic carbocycles. The summed E-state index contributed by atoms with van der Waals surface area (Å²) in [5.74, 6) is 2.01. The van der Waals surface area contributed by atoms with Crippen molar-refractivity contribution in [3.8, 4) is 17.4 Å². The maximum atomic E-state index is 13.1. The Kier molecular flexibility index (Phi) is 7.11. The number of amides is 1. The zero-order valence-electron chi connectivity index (χ0n) is 19.7. The first kappa shape index (κ1) is 23.0. The molecular weight excluding hydrogens is 418 g/mol. The summed E-state index contributed by atoms with van der Waals surface area (Å²) >= 11 is 0. The maximum Gasteiger partial charge on any atom is 0.255 e. The molecule has 0 saturated heterocycles. The maximum absolute atomic E-state index is 13.1. The van der Waals surface area contributed by atoms with Crippen molar-refractivity contribution in [1.29, 1.82) is 0 Å². The lowest BCUT2D eigenvalue weighted by Gasteiger charge is -2.27.